The Morgan fingerprint density at radius 3 is 2.78 bits per heavy atom. The molecular formula is C17H21FN4O. The number of nitrogens with zero attached hydrogens (tertiary/aromatic N) is 2. The van der Waals surface area contributed by atoms with Gasteiger partial charge in [0.25, 0.3) is 0 Å². The first-order valence-electron chi connectivity index (χ1n) is 8.04. The molecule has 0 unspecified atom stereocenters. The van der Waals surface area contributed by atoms with Crippen LogP contribution in [0.2, 0.25) is 0 Å². The fourth-order valence-corrected chi connectivity index (χ4v) is 4.01. The van der Waals surface area contributed by atoms with Crippen molar-refractivity contribution >= 4 is 16.8 Å². The second-order valence-electron chi connectivity index (χ2n) is 7.23. The summed E-state index contributed by atoms with van der Waals surface area (Å²) in [7, 11) is 1.73. The molecule has 2 fully saturated rings. The molecule has 1 amide bonds. The largest absolute Gasteiger partial charge is 0.345 e. The van der Waals surface area contributed by atoms with Crippen molar-refractivity contribution in [3.8, 4) is 0 Å². The molecule has 0 radical (unpaired) electrons. The van der Waals surface area contributed by atoms with Crippen molar-refractivity contribution in [1.29, 1.82) is 0 Å². The van der Waals surface area contributed by atoms with Crippen molar-refractivity contribution in [3.05, 3.63) is 29.7 Å². The summed E-state index contributed by atoms with van der Waals surface area (Å²) in [5.74, 6) is 0.852. The van der Waals surface area contributed by atoms with Crippen LogP contribution in [0.5, 0.6) is 0 Å². The summed E-state index contributed by atoms with van der Waals surface area (Å²) in [5, 5.41) is 11.6. The fourth-order valence-electron chi connectivity index (χ4n) is 4.01. The smallest absolute Gasteiger partial charge is 0.224 e. The van der Waals surface area contributed by atoms with E-state index < -0.39 is 5.54 Å². The van der Waals surface area contributed by atoms with E-state index in [2.05, 4.69) is 15.7 Å². The van der Waals surface area contributed by atoms with E-state index in [0.717, 1.165) is 18.5 Å². The number of para-hydroxylation sites is 1. The number of halogens is 1. The summed E-state index contributed by atoms with van der Waals surface area (Å²) in [6.45, 7) is 5.71. The van der Waals surface area contributed by atoms with Crippen LogP contribution in [0.3, 0.4) is 0 Å². The quantitative estimate of drug-likeness (QED) is 0.903. The Bertz CT molecular complexity index is 787. The molecule has 2 aromatic rings. The number of piperidine rings is 1. The molecular weight excluding hydrogens is 295 g/mol. The third kappa shape index (κ3) is 2.16. The maximum Gasteiger partial charge on any atom is 0.224 e. The molecule has 5 nitrogen and oxygen atoms in total. The lowest BCUT2D eigenvalue weighted by Gasteiger charge is -2.25. The number of aromatic nitrogens is 2. The average molecular weight is 316 g/mol. The Hall–Kier alpha value is -1.95. The van der Waals surface area contributed by atoms with Gasteiger partial charge >= 0.3 is 0 Å². The van der Waals surface area contributed by atoms with Crippen molar-refractivity contribution in [2.24, 2.45) is 24.8 Å². The normalized spacial score (nSPS) is 26.3. The molecule has 1 aromatic heterocycles. The molecule has 2 heterocycles. The van der Waals surface area contributed by atoms with Gasteiger partial charge in [-0.25, -0.2) is 4.39 Å². The maximum atomic E-state index is 14.1. The highest BCUT2D eigenvalue weighted by molar-refractivity contribution is 5.86. The van der Waals surface area contributed by atoms with Crippen LogP contribution in [-0.2, 0) is 17.4 Å². The minimum absolute atomic E-state index is 0.0849. The summed E-state index contributed by atoms with van der Waals surface area (Å²) in [5.41, 5.74) is 0.526. The summed E-state index contributed by atoms with van der Waals surface area (Å²) >= 11 is 0. The van der Waals surface area contributed by atoms with Gasteiger partial charge in [-0.15, -0.1) is 0 Å². The van der Waals surface area contributed by atoms with E-state index in [0.29, 0.717) is 23.0 Å². The van der Waals surface area contributed by atoms with Gasteiger partial charge in [0.05, 0.1) is 11.2 Å². The fraction of sp³-hybridized carbons (Fsp3) is 0.529. The highest BCUT2D eigenvalue weighted by Gasteiger charge is 2.57. The van der Waals surface area contributed by atoms with E-state index in [1.165, 1.54) is 6.07 Å². The van der Waals surface area contributed by atoms with Gasteiger partial charge in [0, 0.05) is 18.4 Å². The molecule has 1 saturated carbocycles. The van der Waals surface area contributed by atoms with E-state index >= 15 is 0 Å². The van der Waals surface area contributed by atoms with Crippen LogP contribution in [0.25, 0.3) is 10.9 Å². The predicted octanol–water partition coefficient (Wildman–Crippen LogP) is 1.53. The standard InChI is InChI=1S/C17H21FN4O/c1-17(2,20-16(23)13-10-7-19-8-11(10)13)15-9-5-4-6-12(18)14(9)22(3)21-15/h4-6,10-11,13,19H,7-8H2,1-3H3,(H,20,23)/t10-,11+,13+. The van der Waals surface area contributed by atoms with Gasteiger partial charge in [-0.2, -0.15) is 5.10 Å². The molecule has 1 saturated heterocycles. The Kier molecular flexibility index (Phi) is 3.04. The van der Waals surface area contributed by atoms with Gasteiger partial charge in [0.15, 0.2) is 0 Å². The highest BCUT2D eigenvalue weighted by Crippen LogP contribution is 2.49. The Labute approximate surface area is 134 Å². The molecule has 2 aliphatic rings. The maximum absolute atomic E-state index is 14.1. The zero-order valence-corrected chi connectivity index (χ0v) is 13.6. The first-order valence-corrected chi connectivity index (χ1v) is 8.04. The lowest BCUT2D eigenvalue weighted by Crippen LogP contribution is -2.43. The van der Waals surface area contributed by atoms with E-state index in [-0.39, 0.29) is 17.6 Å². The number of hydrogen-bond acceptors (Lipinski definition) is 3. The predicted molar refractivity (Wildman–Crippen MR) is 85.2 cm³/mol. The van der Waals surface area contributed by atoms with Crippen LogP contribution in [0.4, 0.5) is 4.39 Å². The number of nitrogens with one attached hydrogen (secondary N) is 2. The third-order valence-electron chi connectivity index (χ3n) is 5.24. The zero-order valence-electron chi connectivity index (χ0n) is 13.6. The molecule has 122 valence electrons. The van der Waals surface area contributed by atoms with Crippen LogP contribution < -0.4 is 10.6 Å². The van der Waals surface area contributed by atoms with Crippen LogP contribution in [0, 0.1) is 23.6 Å². The number of amides is 1. The lowest BCUT2D eigenvalue weighted by atomic mass is 9.96. The topological polar surface area (TPSA) is 59.0 Å². The first-order chi connectivity index (χ1) is 10.9. The second-order valence-corrected chi connectivity index (χ2v) is 7.23. The third-order valence-corrected chi connectivity index (χ3v) is 5.24. The van der Waals surface area contributed by atoms with Gasteiger partial charge in [-0.3, -0.25) is 9.48 Å². The number of carbonyl (C=O) groups excluding carboxylic acids is 1. The van der Waals surface area contributed by atoms with Crippen LogP contribution >= 0.6 is 0 Å². The number of rotatable bonds is 3. The number of carbonyl (C=O) groups is 1. The van der Waals surface area contributed by atoms with Crippen LogP contribution in [-0.4, -0.2) is 28.8 Å². The van der Waals surface area contributed by atoms with Crippen molar-refractivity contribution < 1.29 is 9.18 Å². The molecule has 3 atom stereocenters. The SMILES string of the molecule is Cn1nc(C(C)(C)NC(=O)[C@H]2[C@@H]3CNC[C@@H]32)c2cccc(F)c21. The molecule has 0 spiro atoms. The molecule has 1 aliphatic heterocycles. The van der Waals surface area contributed by atoms with Gasteiger partial charge in [-0.05, 0) is 44.8 Å². The summed E-state index contributed by atoms with van der Waals surface area (Å²) in [6.07, 6.45) is 0. The molecule has 23 heavy (non-hydrogen) atoms. The van der Waals surface area contributed by atoms with Crippen molar-refractivity contribution in [2.75, 3.05) is 13.1 Å². The first kappa shape index (κ1) is 14.6. The summed E-state index contributed by atoms with van der Waals surface area (Å²) in [6, 6.07) is 4.96. The molecule has 0 bridgehead atoms. The number of hydrogen-bond donors (Lipinski definition) is 2. The number of aryl methyl sites for hydroxylation is 1. The van der Waals surface area contributed by atoms with E-state index in [1.807, 2.05) is 19.9 Å². The Balaban J connectivity index is 1.64. The monoisotopic (exact) mass is 316 g/mol. The number of fused-ring (bicyclic) bond motifs is 2. The second kappa shape index (κ2) is 4.77. The minimum atomic E-state index is -0.644. The zero-order chi connectivity index (χ0) is 16.4. The van der Waals surface area contributed by atoms with Gasteiger partial charge in [0.1, 0.15) is 11.3 Å². The average Bonchev–Trinajstić information content (AvgIpc) is 2.81. The highest BCUT2D eigenvalue weighted by atomic mass is 19.1. The molecule has 4 rings (SSSR count). The summed E-state index contributed by atoms with van der Waals surface area (Å²) in [4.78, 5) is 12.6. The number of benzene rings is 1. The van der Waals surface area contributed by atoms with E-state index in [1.54, 1.807) is 17.8 Å². The van der Waals surface area contributed by atoms with E-state index in [4.69, 9.17) is 0 Å². The van der Waals surface area contributed by atoms with Crippen molar-refractivity contribution in [3.63, 3.8) is 0 Å². The van der Waals surface area contributed by atoms with Crippen molar-refractivity contribution in [1.82, 2.24) is 20.4 Å². The van der Waals surface area contributed by atoms with Gasteiger partial charge < -0.3 is 10.6 Å². The summed E-state index contributed by atoms with van der Waals surface area (Å²) < 4.78 is 15.6. The molecule has 2 N–H and O–H groups in total. The molecule has 6 heteroatoms. The van der Waals surface area contributed by atoms with Crippen LogP contribution in [0.1, 0.15) is 19.5 Å². The van der Waals surface area contributed by atoms with Crippen molar-refractivity contribution in [2.45, 2.75) is 19.4 Å². The molecule has 1 aromatic carbocycles. The Morgan fingerprint density at radius 2 is 2.09 bits per heavy atom. The van der Waals surface area contributed by atoms with Crippen LogP contribution in [0.15, 0.2) is 18.2 Å². The Morgan fingerprint density at radius 1 is 1.39 bits per heavy atom. The van der Waals surface area contributed by atoms with Gasteiger partial charge in [-0.1, -0.05) is 12.1 Å². The minimum Gasteiger partial charge on any atom is -0.345 e. The van der Waals surface area contributed by atoms with E-state index in [9.17, 15) is 9.18 Å². The lowest BCUT2D eigenvalue weighted by molar-refractivity contribution is -0.124. The van der Waals surface area contributed by atoms with Gasteiger partial charge in [0.2, 0.25) is 5.91 Å². The molecule has 1 aliphatic carbocycles.